The van der Waals surface area contributed by atoms with Crippen LogP contribution < -0.4 is 5.32 Å². The van der Waals surface area contributed by atoms with Gasteiger partial charge in [-0.1, -0.05) is 49.3 Å². The molecule has 154 valence electrons. The number of fused-ring (bicyclic) bond motifs is 3. The third kappa shape index (κ3) is 3.87. The molecule has 2 aromatic rings. The molecule has 1 N–H and O–H groups in total. The van der Waals surface area contributed by atoms with Crippen LogP contribution in [0.2, 0.25) is 5.02 Å². The van der Waals surface area contributed by atoms with Crippen molar-refractivity contribution in [3.05, 3.63) is 59.1 Å². The van der Waals surface area contributed by atoms with Gasteiger partial charge in [-0.15, -0.1) is 0 Å². The van der Waals surface area contributed by atoms with Gasteiger partial charge in [0.05, 0.1) is 10.9 Å². The summed E-state index contributed by atoms with van der Waals surface area (Å²) >= 11 is 7.14. The highest BCUT2D eigenvalue weighted by Gasteiger charge is 2.43. The second kappa shape index (κ2) is 8.24. The first kappa shape index (κ1) is 20.6. The van der Waals surface area contributed by atoms with Gasteiger partial charge < -0.3 is 5.32 Å². The molecule has 30 heavy (non-hydrogen) atoms. The summed E-state index contributed by atoms with van der Waals surface area (Å²) in [6.07, 6.45) is 0. The van der Waals surface area contributed by atoms with Crippen molar-refractivity contribution in [1.82, 2.24) is 4.90 Å². The number of para-hydroxylation sites is 1. The van der Waals surface area contributed by atoms with Crippen LogP contribution in [0.4, 0.5) is 11.4 Å². The number of anilines is 1. The summed E-state index contributed by atoms with van der Waals surface area (Å²) in [4.78, 5) is 36.7. The Balaban J connectivity index is 1.59. The first-order valence-electron chi connectivity index (χ1n) is 9.68. The first-order valence-corrected chi connectivity index (χ1v) is 10.9. The summed E-state index contributed by atoms with van der Waals surface area (Å²) in [7, 11) is 0. The fourth-order valence-electron chi connectivity index (χ4n) is 3.27. The zero-order valence-electron chi connectivity index (χ0n) is 16.8. The standard InChI is InChI=1S/C22H21ClN4O2S/c1-12(2)18-21(29)27-19(26-18)16-6-4-5-7-17(16)25-22(27)30-13(3)20(28)24-15-10-8-14(23)9-11-15/h4-13,18H,1-3H3,(H,24,28)/t13-,18-/m0/s1. The summed E-state index contributed by atoms with van der Waals surface area (Å²) in [5.41, 5.74) is 2.24. The highest BCUT2D eigenvalue weighted by molar-refractivity contribution is 8.15. The third-order valence-corrected chi connectivity index (χ3v) is 6.20. The quantitative estimate of drug-likeness (QED) is 0.747. The number of nitrogens with one attached hydrogen (secondary N) is 1. The molecule has 0 aliphatic carbocycles. The summed E-state index contributed by atoms with van der Waals surface area (Å²) in [6.45, 7) is 5.74. The van der Waals surface area contributed by atoms with Crippen molar-refractivity contribution in [2.45, 2.75) is 32.1 Å². The number of hydrogen-bond donors (Lipinski definition) is 1. The Morgan fingerprint density at radius 2 is 1.83 bits per heavy atom. The number of nitrogens with zero attached hydrogens (tertiary/aromatic N) is 3. The van der Waals surface area contributed by atoms with Gasteiger partial charge in [0.15, 0.2) is 5.17 Å². The van der Waals surface area contributed by atoms with Crippen molar-refractivity contribution >= 4 is 57.6 Å². The Labute approximate surface area is 184 Å². The van der Waals surface area contributed by atoms with Gasteiger partial charge in [-0.3, -0.25) is 14.6 Å². The Kier molecular flexibility index (Phi) is 5.66. The molecule has 0 spiro atoms. The molecule has 2 amide bonds. The molecule has 0 saturated heterocycles. The first-order chi connectivity index (χ1) is 14.3. The average molecular weight is 441 g/mol. The molecule has 6 nitrogen and oxygen atoms in total. The van der Waals surface area contributed by atoms with Crippen molar-refractivity contribution in [2.24, 2.45) is 15.9 Å². The van der Waals surface area contributed by atoms with Crippen molar-refractivity contribution in [2.75, 3.05) is 5.32 Å². The number of benzene rings is 2. The molecule has 2 heterocycles. The average Bonchev–Trinajstić information content (AvgIpc) is 3.08. The van der Waals surface area contributed by atoms with Gasteiger partial charge in [-0.05, 0) is 49.2 Å². The Morgan fingerprint density at radius 3 is 2.53 bits per heavy atom. The number of carbonyl (C=O) groups is 2. The van der Waals surface area contributed by atoms with Gasteiger partial charge in [-0.25, -0.2) is 9.89 Å². The molecular formula is C22H21ClN4O2S. The van der Waals surface area contributed by atoms with Crippen molar-refractivity contribution in [3.63, 3.8) is 0 Å². The van der Waals surface area contributed by atoms with Crippen LogP contribution in [0, 0.1) is 5.92 Å². The van der Waals surface area contributed by atoms with E-state index >= 15 is 0 Å². The second-order valence-electron chi connectivity index (χ2n) is 7.48. The topological polar surface area (TPSA) is 74.1 Å². The molecule has 2 atom stereocenters. The van der Waals surface area contributed by atoms with Crippen LogP contribution in [-0.4, -0.2) is 39.0 Å². The Morgan fingerprint density at radius 1 is 1.13 bits per heavy atom. The fraction of sp³-hybridized carbons (Fsp3) is 0.273. The predicted molar refractivity (Wildman–Crippen MR) is 123 cm³/mol. The van der Waals surface area contributed by atoms with Gasteiger partial charge in [0.1, 0.15) is 11.9 Å². The highest BCUT2D eigenvalue weighted by atomic mass is 35.5. The van der Waals surface area contributed by atoms with E-state index in [4.69, 9.17) is 16.6 Å². The molecule has 2 aliphatic rings. The normalized spacial score (nSPS) is 18.5. The Hall–Kier alpha value is -2.64. The molecule has 8 heteroatoms. The number of hydrogen-bond acceptors (Lipinski definition) is 5. The minimum Gasteiger partial charge on any atom is -0.325 e. The molecule has 0 radical (unpaired) electrons. The van der Waals surface area contributed by atoms with E-state index < -0.39 is 11.3 Å². The lowest BCUT2D eigenvalue weighted by Gasteiger charge is -2.27. The van der Waals surface area contributed by atoms with E-state index in [1.807, 2.05) is 38.1 Å². The number of amidine groups is 2. The minimum atomic E-state index is -0.475. The monoisotopic (exact) mass is 440 g/mol. The summed E-state index contributed by atoms with van der Waals surface area (Å²) in [5.74, 6) is 0.386. The molecule has 0 saturated carbocycles. The number of amides is 2. The van der Waals surface area contributed by atoms with E-state index in [-0.39, 0.29) is 17.7 Å². The molecular weight excluding hydrogens is 420 g/mol. The number of carbonyl (C=O) groups excluding carboxylic acids is 2. The van der Waals surface area contributed by atoms with Crippen LogP contribution in [0.5, 0.6) is 0 Å². The minimum absolute atomic E-state index is 0.0691. The van der Waals surface area contributed by atoms with Crippen LogP contribution in [-0.2, 0) is 9.59 Å². The number of aliphatic imine (C=N–C) groups is 2. The maximum Gasteiger partial charge on any atom is 0.259 e. The molecule has 0 unspecified atom stereocenters. The van der Waals surface area contributed by atoms with Gasteiger partial charge in [0.2, 0.25) is 5.91 Å². The maximum absolute atomic E-state index is 13.1. The van der Waals surface area contributed by atoms with Crippen LogP contribution in [0.25, 0.3) is 0 Å². The third-order valence-electron chi connectivity index (χ3n) is 4.89. The molecule has 2 aromatic carbocycles. The van der Waals surface area contributed by atoms with E-state index in [2.05, 4.69) is 10.3 Å². The van der Waals surface area contributed by atoms with Crippen molar-refractivity contribution < 1.29 is 9.59 Å². The molecule has 2 aliphatic heterocycles. The van der Waals surface area contributed by atoms with Crippen molar-refractivity contribution in [3.8, 4) is 0 Å². The van der Waals surface area contributed by atoms with Crippen molar-refractivity contribution in [1.29, 1.82) is 0 Å². The zero-order chi connectivity index (χ0) is 21.4. The van der Waals surface area contributed by atoms with Crippen LogP contribution in [0.15, 0.2) is 58.5 Å². The van der Waals surface area contributed by atoms with E-state index in [1.165, 1.54) is 11.8 Å². The molecule has 0 fully saturated rings. The summed E-state index contributed by atoms with van der Waals surface area (Å²) in [6, 6.07) is 14.1. The van der Waals surface area contributed by atoms with E-state index in [0.717, 1.165) is 11.3 Å². The van der Waals surface area contributed by atoms with Gasteiger partial charge in [0, 0.05) is 16.3 Å². The van der Waals surface area contributed by atoms with E-state index in [9.17, 15) is 9.59 Å². The maximum atomic E-state index is 13.1. The van der Waals surface area contributed by atoms with Gasteiger partial charge in [0.25, 0.3) is 5.91 Å². The summed E-state index contributed by atoms with van der Waals surface area (Å²) in [5, 5.41) is 3.47. The lowest BCUT2D eigenvalue weighted by molar-refractivity contribution is -0.125. The summed E-state index contributed by atoms with van der Waals surface area (Å²) < 4.78 is 0. The predicted octanol–water partition coefficient (Wildman–Crippen LogP) is 4.71. The van der Waals surface area contributed by atoms with Crippen LogP contribution in [0.1, 0.15) is 26.3 Å². The van der Waals surface area contributed by atoms with Gasteiger partial charge >= 0.3 is 0 Å². The van der Waals surface area contributed by atoms with Crippen LogP contribution in [0.3, 0.4) is 0 Å². The second-order valence-corrected chi connectivity index (χ2v) is 9.23. The highest BCUT2D eigenvalue weighted by Crippen LogP contribution is 2.35. The molecule has 0 bridgehead atoms. The lowest BCUT2D eigenvalue weighted by atomic mass is 10.1. The SMILES string of the molecule is CC(C)[C@@H]1N=C2c3ccccc3N=C(S[C@@H](C)C(=O)Nc3ccc(Cl)cc3)N2C1=O. The number of halogens is 1. The van der Waals surface area contributed by atoms with E-state index in [0.29, 0.717) is 21.7 Å². The van der Waals surface area contributed by atoms with Gasteiger partial charge in [-0.2, -0.15) is 0 Å². The fourth-order valence-corrected chi connectivity index (χ4v) is 4.31. The molecule has 0 aromatic heterocycles. The van der Waals surface area contributed by atoms with E-state index in [1.54, 1.807) is 36.1 Å². The van der Waals surface area contributed by atoms with Crippen LogP contribution >= 0.6 is 23.4 Å². The number of rotatable bonds is 4. The smallest absolute Gasteiger partial charge is 0.259 e. The lowest BCUT2D eigenvalue weighted by Crippen LogP contribution is -2.43. The Bertz CT molecular complexity index is 1070. The zero-order valence-corrected chi connectivity index (χ0v) is 18.4. The largest absolute Gasteiger partial charge is 0.325 e. The molecule has 4 rings (SSSR count). The number of thioether (sulfide) groups is 1.